The molecule has 1 aliphatic rings. The lowest BCUT2D eigenvalue weighted by atomic mass is 10.0. The van der Waals surface area contributed by atoms with Gasteiger partial charge in [0.1, 0.15) is 0 Å². The number of hydrogen-bond acceptors (Lipinski definition) is 3. The maximum atomic E-state index is 10.5. The van der Waals surface area contributed by atoms with Gasteiger partial charge in [-0.25, -0.2) is 0 Å². The predicted molar refractivity (Wildman–Crippen MR) is 66.2 cm³/mol. The smallest absolute Gasteiger partial charge is 0.217 e. The number of primary amides is 1. The number of rotatable bonds is 7. The molecule has 0 aromatic heterocycles. The maximum Gasteiger partial charge on any atom is 0.217 e. The molecule has 16 heavy (non-hydrogen) atoms. The van der Waals surface area contributed by atoms with Crippen molar-refractivity contribution in [3.05, 3.63) is 0 Å². The van der Waals surface area contributed by atoms with Crippen molar-refractivity contribution in [3.8, 4) is 0 Å². The fraction of sp³-hybridized carbons (Fsp3) is 0.917. The zero-order valence-electron chi connectivity index (χ0n) is 10.4. The number of nitrogens with one attached hydrogen (secondary N) is 1. The molecule has 0 spiro atoms. The van der Waals surface area contributed by atoms with Crippen molar-refractivity contribution >= 4 is 5.91 Å². The number of likely N-dealkylation sites (tertiary alicyclic amines) is 1. The highest BCUT2D eigenvalue weighted by atomic mass is 16.1. The average molecular weight is 227 g/mol. The molecule has 0 aromatic carbocycles. The Balaban J connectivity index is 1.95. The van der Waals surface area contributed by atoms with E-state index in [1.54, 1.807) is 0 Å². The number of unbranched alkanes of at least 4 members (excludes halogenated alkanes) is 1. The van der Waals surface area contributed by atoms with E-state index in [9.17, 15) is 4.79 Å². The van der Waals surface area contributed by atoms with E-state index in [2.05, 4.69) is 17.3 Å². The number of piperidine rings is 1. The fourth-order valence-electron chi connectivity index (χ4n) is 2.22. The Morgan fingerprint density at radius 1 is 1.44 bits per heavy atom. The molecule has 1 unspecified atom stereocenters. The third kappa shape index (κ3) is 5.47. The minimum absolute atomic E-state index is 0.188. The number of nitrogens with two attached hydrogens (primary N) is 1. The molecule has 94 valence electrons. The molecule has 1 amide bonds. The third-order valence-corrected chi connectivity index (χ3v) is 3.33. The van der Waals surface area contributed by atoms with Gasteiger partial charge in [-0.2, -0.15) is 0 Å². The molecule has 0 aromatic rings. The van der Waals surface area contributed by atoms with Gasteiger partial charge in [0, 0.05) is 19.0 Å². The molecule has 1 aliphatic heterocycles. The van der Waals surface area contributed by atoms with Crippen LogP contribution >= 0.6 is 0 Å². The molecule has 0 bridgehead atoms. The Hall–Kier alpha value is -0.610. The number of nitrogens with zero attached hydrogens (tertiary/aromatic N) is 1. The van der Waals surface area contributed by atoms with Crippen LogP contribution in [0, 0.1) is 0 Å². The normalized spacial score (nSPS) is 22.2. The van der Waals surface area contributed by atoms with Crippen molar-refractivity contribution in [2.24, 2.45) is 5.73 Å². The average Bonchev–Trinajstić information content (AvgIpc) is 2.25. The van der Waals surface area contributed by atoms with E-state index in [4.69, 9.17) is 5.73 Å². The summed E-state index contributed by atoms with van der Waals surface area (Å²) in [5.41, 5.74) is 5.08. The summed E-state index contributed by atoms with van der Waals surface area (Å²) in [7, 11) is 2.21. The Kier molecular flexibility index (Phi) is 6.42. The van der Waals surface area contributed by atoms with Gasteiger partial charge in [-0.05, 0) is 45.8 Å². The highest BCUT2D eigenvalue weighted by molar-refractivity contribution is 5.73. The number of carbonyl (C=O) groups is 1. The van der Waals surface area contributed by atoms with Crippen LogP contribution in [0.2, 0.25) is 0 Å². The molecule has 0 radical (unpaired) electrons. The summed E-state index contributed by atoms with van der Waals surface area (Å²) in [5.74, 6) is -0.188. The molecule has 4 nitrogen and oxygen atoms in total. The number of likely N-dealkylation sites (N-methyl/N-ethyl adjacent to an activating group) is 1. The van der Waals surface area contributed by atoms with Gasteiger partial charge in [0.15, 0.2) is 0 Å². The summed E-state index contributed by atoms with van der Waals surface area (Å²) in [6.45, 7) is 3.30. The molecule has 4 heteroatoms. The first kappa shape index (κ1) is 13.5. The topological polar surface area (TPSA) is 58.4 Å². The van der Waals surface area contributed by atoms with Gasteiger partial charge < -0.3 is 16.0 Å². The van der Waals surface area contributed by atoms with Gasteiger partial charge in [-0.1, -0.05) is 6.42 Å². The maximum absolute atomic E-state index is 10.5. The van der Waals surface area contributed by atoms with E-state index < -0.39 is 0 Å². The van der Waals surface area contributed by atoms with E-state index in [1.807, 2.05) is 0 Å². The Morgan fingerprint density at radius 2 is 2.25 bits per heavy atom. The van der Waals surface area contributed by atoms with Crippen LogP contribution < -0.4 is 11.1 Å². The van der Waals surface area contributed by atoms with E-state index >= 15 is 0 Å². The second kappa shape index (κ2) is 7.63. The number of amides is 1. The summed E-state index contributed by atoms with van der Waals surface area (Å²) in [6.07, 6.45) is 6.47. The molecular formula is C12H25N3O. The summed E-state index contributed by atoms with van der Waals surface area (Å²) in [6, 6.07) is 0.699. The van der Waals surface area contributed by atoms with Gasteiger partial charge in [0.25, 0.3) is 0 Å². The second-order valence-corrected chi connectivity index (χ2v) is 4.76. The Labute approximate surface area is 98.6 Å². The molecular weight excluding hydrogens is 202 g/mol. The SMILES string of the molecule is CN1CCCCC1CNCCCCC(N)=O. The van der Waals surface area contributed by atoms with Crippen LogP contribution in [0.3, 0.4) is 0 Å². The van der Waals surface area contributed by atoms with Crippen LogP contribution in [0.4, 0.5) is 0 Å². The van der Waals surface area contributed by atoms with Crippen LogP contribution in [0.25, 0.3) is 0 Å². The van der Waals surface area contributed by atoms with Crippen LogP contribution in [0.1, 0.15) is 38.5 Å². The summed E-state index contributed by atoms with van der Waals surface area (Å²) < 4.78 is 0. The second-order valence-electron chi connectivity index (χ2n) is 4.76. The van der Waals surface area contributed by atoms with Crippen molar-refractivity contribution in [3.63, 3.8) is 0 Å². The first-order valence-electron chi connectivity index (χ1n) is 6.39. The lowest BCUT2D eigenvalue weighted by Crippen LogP contribution is -2.43. The van der Waals surface area contributed by atoms with E-state index in [1.165, 1.54) is 25.8 Å². The van der Waals surface area contributed by atoms with E-state index in [0.717, 1.165) is 25.9 Å². The van der Waals surface area contributed by atoms with Gasteiger partial charge in [-0.15, -0.1) is 0 Å². The first-order chi connectivity index (χ1) is 7.70. The minimum Gasteiger partial charge on any atom is -0.370 e. The molecule has 1 saturated heterocycles. The molecule has 1 rings (SSSR count). The molecule has 3 N–H and O–H groups in total. The minimum atomic E-state index is -0.188. The van der Waals surface area contributed by atoms with Gasteiger partial charge in [0.05, 0.1) is 0 Å². The number of carbonyl (C=O) groups excluding carboxylic acids is 1. The van der Waals surface area contributed by atoms with Crippen LogP contribution in [0.15, 0.2) is 0 Å². The van der Waals surface area contributed by atoms with Gasteiger partial charge in [-0.3, -0.25) is 4.79 Å². The van der Waals surface area contributed by atoms with Gasteiger partial charge in [0.2, 0.25) is 5.91 Å². The molecule has 1 atom stereocenters. The molecule has 1 fully saturated rings. The standard InChI is InChI=1S/C12H25N3O/c1-15-9-5-3-6-11(15)10-14-8-4-2-7-12(13)16/h11,14H,2-10H2,1H3,(H2,13,16). The predicted octanol–water partition coefficient (Wildman–Crippen LogP) is 0.716. The van der Waals surface area contributed by atoms with Crippen LogP contribution in [-0.2, 0) is 4.79 Å². The first-order valence-corrected chi connectivity index (χ1v) is 6.39. The zero-order chi connectivity index (χ0) is 11.8. The zero-order valence-corrected chi connectivity index (χ0v) is 10.4. The van der Waals surface area contributed by atoms with Gasteiger partial charge >= 0.3 is 0 Å². The van der Waals surface area contributed by atoms with Crippen LogP contribution in [0.5, 0.6) is 0 Å². The van der Waals surface area contributed by atoms with E-state index in [-0.39, 0.29) is 5.91 Å². The lowest BCUT2D eigenvalue weighted by Gasteiger charge is -2.32. The fourth-order valence-corrected chi connectivity index (χ4v) is 2.22. The van der Waals surface area contributed by atoms with Crippen molar-refractivity contribution < 1.29 is 4.79 Å². The summed E-state index contributed by atoms with van der Waals surface area (Å²) in [5, 5.41) is 3.47. The molecule has 1 heterocycles. The van der Waals surface area contributed by atoms with Crippen molar-refractivity contribution in [1.29, 1.82) is 0 Å². The molecule has 0 saturated carbocycles. The third-order valence-electron chi connectivity index (χ3n) is 3.33. The highest BCUT2D eigenvalue weighted by Gasteiger charge is 2.17. The van der Waals surface area contributed by atoms with Crippen molar-refractivity contribution in [1.82, 2.24) is 10.2 Å². The van der Waals surface area contributed by atoms with E-state index in [0.29, 0.717) is 12.5 Å². The monoisotopic (exact) mass is 227 g/mol. The Bertz CT molecular complexity index is 208. The summed E-state index contributed by atoms with van der Waals surface area (Å²) >= 11 is 0. The van der Waals surface area contributed by atoms with Crippen LogP contribution in [-0.4, -0.2) is 43.5 Å². The largest absolute Gasteiger partial charge is 0.370 e. The highest BCUT2D eigenvalue weighted by Crippen LogP contribution is 2.13. The summed E-state index contributed by atoms with van der Waals surface area (Å²) in [4.78, 5) is 13.0. The van der Waals surface area contributed by atoms with Crippen molar-refractivity contribution in [2.75, 3.05) is 26.7 Å². The molecule has 0 aliphatic carbocycles. The lowest BCUT2D eigenvalue weighted by molar-refractivity contribution is -0.118. The Morgan fingerprint density at radius 3 is 2.94 bits per heavy atom. The quantitative estimate of drug-likeness (QED) is 0.630. The van der Waals surface area contributed by atoms with Crippen molar-refractivity contribution in [2.45, 2.75) is 44.6 Å². The number of hydrogen-bond donors (Lipinski definition) is 2.